The van der Waals surface area contributed by atoms with E-state index in [9.17, 15) is 0 Å². The first-order valence-corrected chi connectivity index (χ1v) is 10.2. The minimum atomic E-state index is 0.500. The molecule has 1 fully saturated rings. The molecule has 140 valence electrons. The van der Waals surface area contributed by atoms with Gasteiger partial charge in [0.2, 0.25) is 0 Å². The van der Waals surface area contributed by atoms with Gasteiger partial charge < -0.3 is 10.5 Å². The predicted molar refractivity (Wildman–Crippen MR) is 111 cm³/mol. The minimum absolute atomic E-state index is 0.500. The fraction of sp³-hybridized carbons (Fsp3) is 0.318. The molecule has 5 heteroatoms. The Hall–Kier alpha value is -2.21. The Labute approximate surface area is 164 Å². The van der Waals surface area contributed by atoms with E-state index in [2.05, 4.69) is 46.7 Å². The number of nitrogens with two attached hydrogens (primary N) is 1. The molecule has 0 radical (unpaired) electrons. The molecule has 0 saturated carbocycles. The highest BCUT2D eigenvalue weighted by Crippen LogP contribution is 2.35. The molecule has 0 amide bonds. The lowest BCUT2D eigenvalue weighted by Gasteiger charge is -2.16. The molecule has 1 aromatic heterocycles. The number of aromatic nitrogens is 1. The summed E-state index contributed by atoms with van der Waals surface area (Å²) >= 11 is 1.68. The highest BCUT2D eigenvalue weighted by molar-refractivity contribution is 7.13. The number of methoxy groups -OCH3 is 1. The Bertz CT molecular complexity index is 880. The van der Waals surface area contributed by atoms with Crippen molar-refractivity contribution in [1.29, 1.82) is 0 Å². The summed E-state index contributed by atoms with van der Waals surface area (Å²) in [7, 11) is 1.70. The summed E-state index contributed by atoms with van der Waals surface area (Å²) in [5, 5.41) is 3.17. The van der Waals surface area contributed by atoms with Crippen molar-refractivity contribution in [2.24, 2.45) is 11.7 Å². The number of hydrogen-bond acceptors (Lipinski definition) is 5. The predicted octanol–water partition coefficient (Wildman–Crippen LogP) is 3.99. The first kappa shape index (κ1) is 18.2. The Balaban J connectivity index is 1.48. The number of benzene rings is 2. The van der Waals surface area contributed by atoms with Crippen LogP contribution in [0.5, 0.6) is 5.75 Å². The lowest BCUT2D eigenvalue weighted by atomic mass is 9.89. The molecule has 4 nitrogen and oxygen atoms in total. The van der Waals surface area contributed by atoms with Crippen molar-refractivity contribution in [3.05, 3.63) is 71.2 Å². The van der Waals surface area contributed by atoms with Crippen LogP contribution in [0.4, 0.5) is 0 Å². The maximum absolute atomic E-state index is 6.08. The van der Waals surface area contributed by atoms with Gasteiger partial charge in [-0.15, -0.1) is 11.3 Å². The minimum Gasteiger partial charge on any atom is -0.496 e. The maximum atomic E-state index is 6.08. The molecule has 0 aliphatic carbocycles. The van der Waals surface area contributed by atoms with E-state index >= 15 is 0 Å². The molecule has 1 aliphatic rings. The van der Waals surface area contributed by atoms with E-state index in [4.69, 9.17) is 15.5 Å². The van der Waals surface area contributed by atoms with Crippen molar-refractivity contribution in [2.45, 2.75) is 12.5 Å². The van der Waals surface area contributed by atoms with Gasteiger partial charge in [0.15, 0.2) is 0 Å². The lowest BCUT2D eigenvalue weighted by molar-refractivity contribution is 0.313. The van der Waals surface area contributed by atoms with Crippen LogP contribution < -0.4 is 10.5 Å². The molecular weight excluding hydrogens is 354 g/mol. The normalized spacial score (nSPS) is 20.1. The van der Waals surface area contributed by atoms with Gasteiger partial charge in [-0.1, -0.05) is 42.5 Å². The highest BCUT2D eigenvalue weighted by Gasteiger charge is 2.33. The molecule has 0 bridgehead atoms. The van der Waals surface area contributed by atoms with Gasteiger partial charge in [0.05, 0.1) is 18.4 Å². The third-order valence-corrected chi connectivity index (χ3v) is 6.25. The van der Waals surface area contributed by atoms with Crippen molar-refractivity contribution in [2.75, 3.05) is 26.7 Å². The first-order valence-electron chi connectivity index (χ1n) is 9.33. The molecule has 1 saturated heterocycles. The first-order chi connectivity index (χ1) is 13.3. The molecular formula is C22H25N3OS. The zero-order valence-electron chi connectivity index (χ0n) is 15.5. The largest absolute Gasteiger partial charge is 0.496 e. The van der Waals surface area contributed by atoms with Gasteiger partial charge in [-0.2, -0.15) is 0 Å². The van der Waals surface area contributed by atoms with Gasteiger partial charge in [0, 0.05) is 30.9 Å². The van der Waals surface area contributed by atoms with E-state index in [1.807, 2.05) is 18.2 Å². The second kappa shape index (κ2) is 8.21. The topological polar surface area (TPSA) is 51.4 Å². The third-order valence-electron chi connectivity index (χ3n) is 5.32. The monoisotopic (exact) mass is 379 g/mol. The number of thiazole rings is 1. The number of rotatable bonds is 6. The van der Waals surface area contributed by atoms with Gasteiger partial charge >= 0.3 is 0 Å². The third kappa shape index (κ3) is 3.90. The average molecular weight is 380 g/mol. The number of para-hydroxylation sites is 1. The van der Waals surface area contributed by atoms with Crippen molar-refractivity contribution in [3.63, 3.8) is 0 Å². The van der Waals surface area contributed by atoms with E-state index < -0.39 is 0 Å². The zero-order valence-corrected chi connectivity index (χ0v) is 16.4. The molecule has 1 aliphatic heterocycles. The Morgan fingerprint density at radius 2 is 1.89 bits per heavy atom. The van der Waals surface area contributed by atoms with E-state index in [1.54, 1.807) is 18.4 Å². The molecule has 0 spiro atoms. The number of nitrogens with zero attached hydrogens (tertiary/aromatic N) is 2. The van der Waals surface area contributed by atoms with Crippen LogP contribution in [0.3, 0.4) is 0 Å². The summed E-state index contributed by atoms with van der Waals surface area (Å²) in [5.74, 6) is 1.87. The van der Waals surface area contributed by atoms with Crippen LogP contribution in [-0.2, 0) is 6.54 Å². The molecule has 0 unspecified atom stereocenters. The van der Waals surface area contributed by atoms with Crippen LogP contribution in [0.25, 0.3) is 10.6 Å². The molecule has 3 aromatic rings. The van der Waals surface area contributed by atoms with Gasteiger partial charge in [-0.3, -0.25) is 4.90 Å². The Morgan fingerprint density at radius 1 is 1.11 bits per heavy atom. The summed E-state index contributed by atoms with van der Waals surface area (Å²) in [6.07, 6.45) is 0. The summed E-state index contributed by atoms with van der Waals surface area (Å²) in [4.78, 5) is 7.35. The number of hydrogen-bond donors (Lipinski definition) is 1. The second-order valence-electron chi connectivity index (χ2n) is 7.05. The fourth-order valence-corrected chi connectivity index (χ4v) is 4.80. The summed E-state index contributed by atoms with van der Waals surface area (Å²) in [6, 6.07) is 18.8. The molecule has 4 rings (SSSR count). The van der Waals surface area contributed by atoms with E-state index in [0.717, 1.165) is 48.2 Å². The molecule has 27 heavy (non-hydrogen) atoms. The summed E-state index contributed by atoms with van der Waals surface area (Å²) in [5.41, 5.74) is 9.64. The average Bonchev–Trinajstić information content (AvgIpc) is 3.35. The van der Waals surface area contributed by atoms with Crippen LogP contribution >= 0.6 is 11.3 Å². The SMILES string of the molecule is COc1ccccc1-c1nc(CN2C[C@@H](CN)[C@H](c3ccccc3)C2)cs1. The van der Waals surface area contributed by atoms with Crippen molar-refractivity contribution in [1.82, 2.24) is 9.88 Å². The van der Waals surface area contributed by atoms with Gasteiger partial charge in [0.25, 0.3) is 0 Å². The molecule has 2 aromatic carbocycles. The Kier molecular flexibility index (Phi) is 5.53. The zero-order chi connectivity index (χ0) is 18.6. The van der Waals surface area contributed by atoms with E-state index in [-0.39, 0.29) is 0 Å². The van der Waals surface area contributed by atoms with E-state index in [0.29, 0.717) is 11.8 Å². The van der Waals surface area contributed by atoms with Crippen molar-refractivity contribution >= 4 is 11.3 Å². The molecule has 2 heterocycles. The highest BCUT2D eigenvalue weighted by atomic mass is 32.1. The number of ether oxygens (including phenoxy) is 1. The summed E-state index contributed by atoms with van der Waals surface area (Å²) < 4.78 is 5.48. The Morgan fingerprint density at radius 3 is 2.67 bits per heavy atom. The van der Waals surface area contributed by atoms with Gasteiger partial charge in [-0.25, -0.2) is 4.98 Å². The van der Waals surface area contributed by atoms with Crippen LogP contribution in [0.15, 0.2) is 60.0 Å². The molecule has 2 atom stereocenters. The van der Waals surface area contributed by atoms with Crippen LogP contribution in [0.1, 0.15) is 17.2 Å². The van der Waals surface area contributed by atoms with Crippen molar-refractivity contribution in [3.8, 4) is 16.3 Å². The van der Waals surface area contributed by atoms with Gasteiger partial charge in [0.1, 0.15) is 10.8 Å². The second-order valence-corrected chi connectivity index (χ2v) is 7.91. The van der Waals surface area contributed by atoms with Crippen LogP contribution in [-0.4, -0.2) is 36.6 Å². The quantitative estimate of drug-likeness (QED) is 0.703. The van der Waals surface area contributed by atoms with Crippen molar-refractivity contribution < 1.29 is 4.74 Å². The fourth-order valence-electron chi connectivity index (χ4n) is 3.96. The lowest BCUT2D eigenvalue weighted by Crippen LogP contribution is -2.23. The maximum Gasteiger partial charge on any atom is 0.129 e. The van der Waals surface area contributed by atoms with Crippen LogP contribution in [0, 0.1) is 5.92 Å². The smallest absolute Gasteiger partial charge is 0.129 e. The standard InChI is InChI=1S/C22H25N3OS/c1-26-21-10-6-5-9-19(21)22-24-18(15-27-22)13-25-12-17(11-23)20(14-25)16-7-3-2-4-8-16/h2-10,15,17,20H,11-14,23H2,1H3/t17-,20+/m1/s1. The van der Waals surface area contributed by atoms with Gasteiger partial charge in [-0.05, 0) is 30.2 Å². The number of likely N-dealkylation sites (tertiary alicyclic amines) is 1. The summed E-state index contributed by atoms with van der Waals surface area (Å²) in [6.45, 7) is 3.65. The molecule has 2 N–H and O–H groups in total. The van der Waals surface area contributed by atoms with Crippen LogP contribution in [0.2, 0.25) is 0 Å². The van der Waals surface area contributed by atoms with E-state index in [1.165, 1.54) is 5.56 Å².